The topological polar surface area (TPSA) is 103 Å². The monoisotopic (exact) mass is 466 g/mol. The summed E-state index contributed by atoms with van der Waals surface area (Å²) in [5.74, 6) is 1.32. The van der Waals surface area contributed by atoms with E-state index in [0.29, 0.717) is 31.2 Å². The summed E-state index contributed by atoms with van der Waals surface area (Å²) in [5.41, 5.74) is 8.46. The number of nitrogen functional groups attached to an aromatic ring is 1. The van der Waals surface area contributed by atoms with E-state index >= 15 is 0 Å². The van der Waals surface area contributed by atoms with Gasteiger partial charge in [0.1, 0.15) is 24.2 Å². The molecule has 2 fully saturated rings. The van der Waals surface area contributed by atoms with Gasteiger partial charge in [-0.2, -0.15) is 0 Å². The fraction of sp³-hybridized carbons (Fsp3) is 0.462. The zero-order chi connectivity index (χ0) is 24.1. The Hall–Kier alpha value is -2.94. The van der Waals surface area contributed by atoms with Gasteiger partial charge in [-0.15, -0.1) is 0 Å². The zero-order valence-corrected chi connectivity index (χ0v) is 19.9. The number of rotatable bonds is 8. The van der Waals surface area contributed by atoms with Crippen molar-refractivity contribution in [2.24, 2.45) is 11.7 Å². The van der Waals surface area contributed by atoms with E-state index in [1.807, 2.05) is 35.2 Å². The molecule has 2 heterocycles. The molecule has 2 saturated heterocycles. The standard InChI is InChI=1S/C26H36N5O3/c1-34-25-7-5-20(6-8-25)14-29-11-9-21(10-12-29)16-31(19-32)17-24(33)15-30(18-31)23-4-2-3-22(13-23)26(27)28/h2-8,13,19,21,24,33H,9-12,14-18H2,1H3,(H3,27,28)/q+1. The van der Waals surface area contributed by atoms with Gasteiger partial charge in [0.05, 0.1) is 20.2 Å². The second kappa shape index (κ2) is 10.5. The molecule has 4 N–H and O–H groups in total. The van der Waals surface area contributed by atoms with Gasteiger partial charge in [-0.1, -0.05) is 24.3 Å². The number of benzene rings is 2. The van der Waals surface area contributed by atoms with Crippen LogP contribution >= 0.6 is 0 Å². The average molecular weight is 467 g/mol. The van der Waals surface area contributed by atoms with Gasteiger partial charge >= 0.3 is 6.41 Å². The van der Waals surface area contributed by atoms with Gasteiger partial charge in [-0.3, -0.25) is 10.3 Å². The van der Waals surface area contributed by atoms with Crippen LogP contribution in [0, 0.1) is 11.3 Å². The number of hydrogen-bond acceptors (Lipinski definition) is 6. The largest absolute Gasteiger partial charge is 0.497 e. The number of carbonyl (C=O) groups is 1. The van der Waals surface area contributed by atoms with Crippen LogP contribution < -0.4 is 15.4 Å². The molecule has 2 atom stereocenters. The molecule has 2 aliphatic rings. The molecule has 1 amide bonds. The van der Waals surface area contributed by atoms with Gasteiger partial charge in [-0.25, -0.2) is 9.28 Å². The molecule has 2 aliphatic heterocycles. The number of likely N-dealkylation sites (tertiary alicyclic amines) is 1. The van der Waals surface area contributed by atoms with Crippen molar-refractivity contribution in [1.82, 2.24) is 4.90 Å². The van der Waals surface area contributed by atoms with Crippen LogP contribution in [-0.2, 0) is 11.3 Å². The molecular formula is C26H36N5O3+. The van der Waals surface area contributed by atoms with Gasteiger partial charge in [0.2, 0.25) is 0 Å². The van der Waals surface area contributed by atoms with Crippen LogP contribution in [0.25, 0.3) is 0 Å². The van der Waals surface area contributed by atoms with Gasteiger partial charge in [-0.05, 0) is 55.8 Å². The number of methoxy groups -OCH3 is 1. The Labute approximate surface area is 201 Å². The van der Waals surface area contributed by atoms with Crippen LogP contribution in [0.3, 0.4) is 0 Å². The molecule has 8 heteroatoms. The van der Waals surface area contributed by atoms with Crippen LogP contribution in [-0.4, -0.2) is 79.3 Å². The van der Waals surface area contributed by atoms with Crippen LogP contribution in [0.1, 0.15) is 24.0 Å². The Bertz CT molecular complexity index is 990. The molecule has 4 rings (SSSR count). The number of carbonyl (C=O) groups excluding carboxylic acids is 1. The van der Waals surface area contributed by atoms with E-state index in [4.69, 9.17) is 15.9 Å². The lowest BCUT2D eigenvalue weighted by Gasteiger charge is -2.46. The summed E-state index contributed by atoms with van der Waals surface area (Å²) in [5, 5.41) is 18.4. The predicted octanol–water partition coefficient (Wildman–Crippen LogP) is 2.00. The second-order valence-corrected chi connectivity index (χ2v) is 9.74. The highest BCUT2D eigenvalue weighted by Gasteiger charge is 2.41. The summed E-state index contributed by atoms with van der Waals surface area (Å²) in [6.07, 6.45) is 2.52. The third-order valence-corrected chi connectivity index (χ3v) is 7.10. The van der Waals surface area contributed by atoms with Crippen LogP contribution in [0.5, 0.6) is 5.75 Å². The second-order valence-electron chi connectivity index (χ2n) is 9.74. The van der Waals surface area contributed by atoms with Crippen LogP contribution in [0.2, 0.25) is 0 Å². The summed E-state index contributed by atoms with van der Waals surface area (Å²) in [4.78, 5) is 16.9. The first-order valence-corrected chi connectivity index (χ1v) is 11.9. The number of amidine groups is 1. The lowest BCUT2D eigenvalue weighted by Crippen LogP contribution is -2.65. The minimum absolute atomic E-state index is 0.0111. The maximum atomic E-state index is 12.4. The summed E-state index contributed by atoms with van der Waals surface area (Å²) in [7, 11) is 1.68. The lowest BCUT2D eigenvalue weighted by atomic mass is 9.94. The highest BCUT2D eigenvalue weighted by molar-refractivity contribution is 5.95. The Morgan fingerprint density at radius 1 is 1.24 bits per heavy atom. The molecule has 0 aromatic heterocycles. The Kier molecular flexibility index (Phi) is 7.50. The molecule has 0 aliphatic carbocycles. The number of nitrogens with zero attached hydrogens (tertiary/aromatic N) is 3. The molecule has 34 heavy (non-hydrogen) atoms. The summed E-state index contributed by atoms with van der Waals surface area (Å²) in [6.45, 7) is 5.09. The van der Waals surface area contributed by atoms with Gasteiger partial charge in [0.15, 0.2) is 6.67 Å². The molecule has 8 nitrogen and oxygen atoms in total. The molecule has 0 radical (unpaired) electrons. The zero-order valence-electron chi connectivity index (χ0n) is 19.9. The molecule has 2 unspecified atom stereocenters. The molecule has 2 aromatic rings. The number of nitrogens with one attached hydrogen (secondary N) is 1. The number of β-amino-alcohol motifs (C(OH)–C–C–N with tert-alkyl or cyclic N) is 1. The van der Waals surface area contributed by atoms with Crippen molar-refractivity contribution in [1.29, 1.82) is 5.41 Å². The van der Waals surface area contributed by atoms with E-state index in [-0.39, 0.29) is 10.3 Å². The van der Waals surface area contributed by atoms with Gasteiger partial charge < -0.3 is 20.5 Å². The van der Waals surface area contributed by atoms with Gasteiger partial charge in [0, 0.05) is 23.7 Å². The average Bonchev–Trinajstić information content (AvgIpc) is 2.85. The van der Waals surface area contributed by atoms with E-state index in [9.17, 15) is 9.90 Å². The van der Waals surface area contributed by atoms with Crippen molar-refractivity contribution in [3.8, 4) is 5.75 Å². The lowest BCUT2D eigenvalue weighted by molar-refractivity contribution is -0.856. The first-order chi connectivity index (χ1) is 16.4. The number of hydrogen-bond donors (Lipinski definition) is 3. The molecule has 0 spiro atoms. The highest BCUT2D eigenvalue weighted by Crippen LogP contribution is 2.28. The van der Waals surface area contributed by atoms with Crippen molar-refractivity contribution in [2.45, 2.75) is 25.5 Å². The highest BCUT2D eigenvalue weighted by atomic mass is 16.5. The number of quaternary nitrogens is 1. The molecule has 0 saturated carbocycles. The number of aliphatic hydroxyl groups excluding tert-OH is 1. The van der Waals surface area contributed by atoms with Crippen molar-refractivity contribution in [2.75, 3.05) is 51.4 Å². The maximum absolute atomic E-state index is 12.4. The number of ether oxygens (including phenoxy) is 1. The SMILES string of the molecule is COc1ccc(CN2CCC(C[N+]3(C=O)CC(O)CN(c4cccc(C(=N)N)c4)C3)CC2)cc1. The summed E-state index contributed by atoms with van der Waals surface area (Å²) < 4.78 is 5.48. The third kappa shape index (κ3) is 5.75. The van der Waals surface area contributed by atoms with Crippen LogP contribution in [0.4, 0.5) is 5.69 Å². The maximum Gasteiger partial charge on any atom is 0.303 e. The molecule has 182 valence electrons. The van der Waals surface area contributed by atoms with E-state index in [0.717, 1.165) is 56.9 Å². The summed E-state index contributed by atoms with van der Waals surface area (Å²) in [6, 6.07) is 15.7. The number of amides is 1. The third-order valence-electron chi connectivity index (χ3n) is 7.10. The predicted molar refractivity (Wildman–Crippen MR) is 133 cm³/mol. The first-order valence-electron chi connectivity index (χ1n) is 11.9. The first kappa shape index (κ1) is 24.2. The number of anilines is 1. The normalized spacial score (nSPS) is 24.1. The molecular weight excluding hydrogens is 430 g/mol. The van der Waals surface area contributed by atoms with Crippen molar-refractivity contribution >= 4 is 17.9 Å². The van der Waals surface area contributed by atoms with E-state index in [1.165, 1.54) is 5.56 Å². The minimum Gasteiger partial charge on any atom is -0.497 e. The van der Waals surface area contributed by atoms with E-state index in [2.05, 4.69) is 17.0 Å². The van der Waals surface area contributed by atoms with E-state index < -0.39 is 6.10 Å². The van der Waals surface area contributed by atoms with Crippen molar-refractivity contribution in [3.63, 3.8) is 0 Å². The number of nitrogens with two attached hydrogens (primary N) is 1. The van der Waals surface area contributed by atoms with Crippen molar-refractivity contribution < 1.29 is 19.1 Å². The van der Waals surface area contributed by atoms with Crippen LogP contribution in [0.15, 0.2) is 48.5 Å². The number of aliphatic hydroxyl groups is 1. The summed E-state index contributed by atoms with van der Waals surface area (Å²) >= 11 is 0. The fourth-order valence-corrected chi connectivity index (χ4v) is 5.33. The van der Waals surface area contributed by atoms with E-state index in [1.54, 1.807) is 13.2 Å². The smallest absolute Gasteiger partial charge is 0.303 e. The fourth-order valence-electron chi connectivity index (χ4n) is 5.33. The Balaban J connectivity index is 1.37. The number of piperidine rings is 1. The minimum atomic E-state index is -0.588. The Morgan fingerprint density at radius 3 is 2.62 bits per heavy atom. The van der Waals surface area contributed by atoms with Gasteiger partial charge in [0.25, 0.3) is 0 Å². The quantitative estimate of drug-likeness (QED) is 0.238. The molecule has 2 aromatic carbocycles. The Morgan fingerprint density at radius 2 is 1.97 bits per heavy atom. The van der Waals surface area contributed by atoms with Crippen molar-refractivity contribution in [3.05, 3.63) is 59.7 Å². The molecule has 0 bridgehead atoms.